The predicted octanol–water partition coefficient (Wildman–Crippen LogP) is 3.45. The van der Waals surface area contributed by atoms with E-state index in [1.54, 1.807) is 54.7 Å². The van der Waals surface area contributed by atoms with Gasteiger partial charge in [0.1, 0.15) is 5.82 Å². The van der Waals surface area contributed by atoms with Gasteiger partial charge < -0.3 is 9.64 Å². The smallest absolute Gasteiger partial charge is 0.254 e. The van der Waals surface area contributed by atoms with Crippen LogP contribution in [0, 0.1) is 5.82 Å². The van der Waals surface area contributed by atoms with Crippen LogP contribution in [0.2, 0.25) is 0 Å². The largest absolute Gasteiger partial charge is 0.383 e. The van der Waals surface area contributed by atoms with Gasteiger partial charge in [0.2, 0.25) is 0 Å². The zero-order valence-corrected chi connectivity index (χ0v) is 14.7. The number of hydrogen-bond acceptors (Lipinski definition) is 4. The molecule has 0 bridgehead atoms. The van der Waals surface area contributed by atoms with Crippen LogP contribution in [0.3, 0.4) is 0 Å². The first-order chi connectivity index (χ1) is 12.6. The number of rotatable bonds is 6. The van der Waals surface area contributed by atoms with E-state index in [0.29, 0.717) is 24.2 Å². The number of hydrogen-bond donors (Lipinski definition) is 0. The Morgan fingerprint density at radius 1 is 1.15 bits per heavy atom. The highest BCUT2D eigenvalue weighted by Gasteiger charge is 2.22. The molecule has 1 unspecified atom stereocenters. The Balaban J connectivity index is 1.92. The molecule has 0 N–H and O–H groups in total. The maximum atomic E-state index is 13.5. The van der Waals surface area contributed by atoms with Crippen molar-refractivity contribution in [2.45, 2.75) is 19.5 Å². The van der Waals surface area contributed by atoms with Gasteiger partial charge in [-0.3, -0.25) is 14.8 Å². The lowest BCUT2D eigenvalue weighted by Gasteiger charge is -2.29. The van der Waals surface area contributed by atoms with Gasteiger partial charge >= 0.3 is 0 Å². The van der Waals surface area contributed by atoms with Crippen LogP contribution in [0.5, 0.6) is 0 Å². The zero-order chi connectivity index (χ0) is 18.5. The van der Waals surface area contributed by atoms with E-state index in [4.69, 9.17) is 4.74 Å². The normalized spacial score (nSPS) is 12.1. The average Bonchev–Trinajstić information content (AvgIpc) is 2.65. The molecule has 2 aromatic carbocycles. The molecule has 0 aliphatic heterocycles. The van der Waals surface area contributed by atoms with Crippen molar-refractivity contribution >= 4 is 16.9 Å². The maximum absolute atomic E-state index is 13.5. The van der Waals surface area contributed by atoms with Crippen molar-refractivity contribution in [2.75, 3.05) is 13.7 Å². The van der Waals surface area contributed by atoms with E-state index in [1.165, 1.54) is 12.1 Å². The number of benzene rings is 2. The molecule has 0 radical (unpaired) electrons. The molecule has 0 fully saturated rings. The van der Waals surface area contributed by atoms with Gasteiger partial charge in [0.05, 0.1) is 23.7 Å². The fraction of sp³-hybridized carbons (Fsp3) is 0.250. The number of halogens is 1. The van der Waals surface area contributed by atoms with E-state index in [-0.39, 0.29) is 17.8 Å². The first kappa shape index (κ1) is 17.9. The summed E-state index contributed by atoms with van der Waals surface area (Å²) in [6.45, 7) is 2.58. The minimum absolute atomic E-state index is 0.161. The molecule has 1 amide bonds. The lowest BCUT2D eigenvalue weighted by molar-refractivity contribution is 0.0542. The third-order valence-corrected chi connectivity index (χ3v) is 4.16. The second-order valence-corrected chi connectivity index (χ2v) is 6.13. The second kappa shape index (κ2) is 8.01. The Morgan fingerprint density at radius 2 is 1.92 bits per heavy atom. The Labute approximate surface area is 151 Å². The molecule has 1 aromatic heterocycles. The highest BCUT2D eigenvalue weighted by atomic mass is 19.1. The second-order valence-electron chi connectivity index (χ2n) is 6.13. The number of ether oxygens (including phenoxy) is 1. The summed E-state index contributed by atoms with van der Waals surface area (Å²) in [5.74, 6) is -0.485. The van der Waals surface area contributed by atoms with Crippen LogP contribution >= 0.6 is 0 Å². The topological polar surface area (TPSA) is 55.3 Å². The van der Waals surface area contributed by atoms with Crippen LogP contribution in [0.15, 0.2) is 54.9 Å². The molecule has 0 saturated carbocycles. The molecule has 3 aromatic rings. The third kappa shape index (κ3) is 4.03. The lowest BCUT2D eigenvalue weighted by atomic mass is 10.1. The minimum atomic E-state index is -0.324. The molecule has 0 spiro atoms. The van der Waals surface area contributed by atoms with Gasteiger partial charge in [-0.25, -0.2) is 4.39 Å². The number of aromatic nitrogens is 2. The van der Waals surface area contributed by atoms with E-state index < -0.39 is 0 Å². The summed E-state index contributed by atoms with van der Waals surface area (Å²) in [7, 11) is 1.59. The van der Waals surface area contributed by atoms with E-state index >= 15 is 0 Å². The fourth-order valence-corrected chi connectivity index (χ4v) is 2.85. The summed E-state index contributed by atoms with van der Waals surface area (Å²) in [5, 5.41) is 0. The molecular formula is C20H20FN3O2. The van der Waals surface area contributed by atoms with Crippen LogP contribution in [0.1, 0.15) is 22.8 Å². The molecule has 134 valence electrons. The Kier molecular flexibility index (Phi) is 5.53. The molecule has 6 heteroatoms. The molecule has 0 aliphatic rings. The van der Waals surface area contributed by atoms with Gasteiger partial charge in [-0.05, 0) is 42.8 Å². The number of carbonyl (C=O) groups excluding carboxylic acids is 1. The summed E-state index contributed by atoms with van der Waals surface area (Å²) in [6.07, 6.45) is 3.20. The number of carbonyl (C=O) groups is 1. The first-order valence-corrected chi connectivity index (χ1v) is 8.33. The quantitative estimate of drug-likeness (QED) is 0.681. The molecule has 0 aliphatic carbocycles. The van der Waals surface area contributed by atoms with Crippen molar-refractivity contribution in [2.24, 2.45) is 0 Å². The zero-order valence-electron chi connectivity index (χ0n) is 14.7. The van der Waals surface area contributed by atoms with Crippen molar-refractivity contribution in [3.63, 3.8) is 0 Å². The summed E-state index contributed by atoms with van der Waals surface area (Å²) in [5.41, 5.74) is 2.62. The fourth-order valence-electron chi connectivity index (χ4n) is 2.85. The van der Waals surface area contributed by atoms with Gasteiger partial charge in [0.15, 0.2) is 0 Å². The summed E-state index contributed by atoms with van der Waals surface area (Å²) >= 11 is 0. The standard InChI is InChI=1S/C20H20FN3O2/c1-14(13-26-2)24(12-15-4-3-5-17(21)10-15)20(25)16-6-7-18-19(11-16)23-9-8-22-18/h3-11,14H,12-13H2,1-2H3. The SMILES string of the molecule is COCC(C)N(Cc1cccc(F)c1)C(=O)c1ccc2nccnc2c1. The van der Waals surface area contributed by atoms with Gasteiger partial charge in [-0.1, -0.05) is 12.1 Å². The van der Waals surface area contributed by atoms with Crippen LogP contribution in [-0.4, -0.2) is 40.5 Å². The molecular weight excluding hydrogens is 333 g/mol. The van der Waals surface area contributed by atoms with E-state index in [2.05, 4.69) is 9.97 Å². The van der Waals surface area contributed by atoms with E-state index in [9.17, 15) is 9.18 Å². The van der Waals surface area contributed by atoms with Crippen molar-refractivity contribution in [1.82, 2.24) is 14.9 Å². The molecule has 1 atom stereocenters. The Bertz CT molecular complexity index is 916. The number of amides is 1. The molecule has 3 rings (SSSR count). The Hall–Kier alpha value is -2.86. The summed E-state index contributed by atoms with van der Waals surface area (Å²) in [4.78, 5) is 23.3. The average molecular weight is 353 g/mol. The highest BCUT2D eigenvalue weighted by molar-refractivity contribution is 5.97. The minimum Gasteiger partial charge on any atom is -0.383 e. The summed E-state index contributed by atoms with van der Waals surface area (Å²) < 4.78 is 18.7. The molecule has 26 heavy (non-hydrogen) atoms. The molecule has 0 saturated heterocycles. The lowest BCUT2D eigenvalue weighted by Crippen LogP contribution is -2.40. The van der Waals surface area contributed by atoms with Crippen molar-refractivity contribution in [3.05, 3.63) is 71.8 Å². The number of methoxy groups -OCH3 is 1. The summed E-state index contributed by atoms with van der Waals surface area (Å²) in [6, 6.07) is 11.3. The van der Waals surface area contributed by atoms with Gasteiger partial charge in [-0.2, -0.15) is 0 Å². The van der Waals surface area contributed by atoms with Crippen LogP contribution in [-0.2, 0) is 11.3 Å². The first-order valence-electron chi connectivity index (χ1n) is 8.33. The molecule has 1 heterocycles. The molecule has 5 nitrogen and oxygen atoms in total. The van der Waals surface area contributed by atoms with E-state index in [1.807, 2.05) is 6.92 Å². The van der Waals surface area contributed by atoms with Gasteiger partial charge in [0, 0.05) is 31.6 Å². The van der Waals surface area contributed by atoms with Crippen molar-refractivity contribution in [1.29, 1.82) is 0 Å². The van der Waals surface area contributed by atoms with Crippen LogP contribution in [0.4, 0.5) is 4.39 Å². The predicted molar refractivity (Wildman–Crippen MR) is 97.1 cm³/mol. The van der Waals surface area contributed by atoms with Crippen LogP contribution < -0.4 is 0 Å². The van der Waals surface area contributed by atoms with Gasteiger partial charge in [-0.15, -0.1) is 0 Å². The Morgan fingerprint density at radius 3 is 2.65 bits per heavy atom. The maximum Gasteiger partial charge on any atom is 0.254 e. The van der Waals surface area contributed by atoms with Crippen LogP contribution in [0.25, 0.3) is 11.0 Å². The van der Waals surface area contributed by atoms with E-state index in [0.717, 1.165) is 11.1 Å². The van der Waals surface area contributed by atoms with Crippen molar-refractivity contribution < 1.29 is 13.9 Å². The monoisotopic (exact) mass is 353 g/mol. The highest BCUT2D eigenvalue weighted by Crippen LogP contribution is 2.17. The number of fused-ring (bicyclic) bond motifs is 1. The number of nitrogens with zero attached hydrogens (tertiary/aromatic N) is 3. The third-order valence-electron chi connectivity index (χ3n) is 4.16. The van der Waals surface area contributed by atoms with Crippen molar-refractivity contribution in [3.8, 4) is 0 Å². The van der Waals surface area contributed by atoms with Gasteiger partial charge in [0.25, 0.3) is 5.91 Å².